The molecular formula is C22H15N3O3. The number of rotatable bonds is 5. The monoisotopic (exact) mass is 369 g/mol. The Balaban J connectivity index is 1.58. The van der Waals surface area contributed by atoms with Crippen molar-refractivity contribution in [1.82, 2.24) is 9.55 Å². The van der Waals surface area contributed by atoms with E-state index in [2.05, 4.69) is 4.98 Å². The summed E-state index contributed by atoms with van der Waals surface area (Å²) in [5.74, 6) is -0.0819. The van der Waals surface area contributed by atoms with Gasteiger partial charge in [-0.15, -0.1) is 0 Å². The summed E-state index contributed by atoms with van der Waals surface area (Å²) in [6, 6.07) is 21.4. The first-order chi connectivity index (χ1) is 13.6. The lowest BCUT2D eigenvalue weighted by Crippen LogP contribution is -1.97. The van der Waals surface area contributed by atoms with Gasteiger partial charge in [0, 0.05) is 23.4 Å². The number of carbonyl (C=O) groups is 1. The molecule has 136 valence electrons. The number of nitro benzene ring substituents is 1. The van der Waals surface area contributed by atoms with Gasteiger partial charge in [-0.05, 0) is 42.0 Å². The zero-order chi connectivity index (χ0) is 19.5. The van der Waals surface area contributed by atoms with Gasteiger partial charge in [-0.25, -0.2) is 4.98 Å². The van der Waals surface area contributed by atoms with E-state index in [-0.39, 0.29) is 11.5 Å². The predicted molar refractivity (Wildman–Crippen MR) is 108 cm³/mol. The van der Waals surface area contributed by atoms with Crippen LogP contribution >= 0.6 is 0 Å². The summed E-state index contributed by atoms with van der Waals surface area (Å²) in [7, 11) is 0. The van der Waals surface area contributed by atoms with Gasteiger partial charge in [0.2, 0.25) is 0 Å². The Morgan fingerprint density at radius 2 is 1.75 bits per heavy atom. The van der Waals surface area contributed by atoms with Crippen molar-refractivity contribution in [2.45, 2.75) is 0 Å². The van der Waals surface area contributed by atoms with Crippen molar-refractivity contribution < 1.29 is 9.72 Å². The molecule has 0 saturated heterocycles. The number of ketones is 1. The van der Waals surface area contributed by atoms with Gasteiger partial charge in [0.15, 0.2) is 5.78 Å². The van der Waals surface area contributed by atoms with Crippen LogP contribution in [0.2, 0.25) is 0 Å². The number of fused-ring (bicyclic) bond motifs is 1. The Morgan fingerprint density at radius 1 is 1.00 bits per heavy atom. The van der Waals surface area contributed by atoms with E-state index < -0.39 is 4.92 Å². The molecular weight excluding hydrogens is 354 g/mol. The molecule has 0 spiro atoms. The molecule has 0 saturated carbocycles. The number of aromatic nitrogens is 2. The molecule has 0 aliphatic heterocycles. The summed E-state index contributed by atoms with van der Waals surface area (Å²) in [5.41, 5.74) is 3.67. The van der Waals surface area contributed by atoms with Gasteiger partial charge in [0.05, 0.1) is 16.0 Å². The molecule has 0 N–H and O–H groups in total. The SMILES string of the molecule is O=C(C=Cc1ccccc1)c1ccc(-n2cnc3cc([N+](=O)[O-])ccc32)cc1. The first-order valence-corrected chi connectivity index (χ1v) is 8.61. The lowest BCUT2D eigenvalue weighted by molar-refractivity contribution is -0.384. The van der Waals surface area contributed by atoms with Gasteiger partial charge >= 0.3 is 0 Å². The second-order valence-electron chi connectivity index (χ2n) is 6.20. The molecule has 6 nitrogen and oxygen atoms in total. The fourth-order valence-electron chi connectivity index (χ4n) is 2.94. The number of hydrogen-bond acceptors (Lipinski definition) is 4. The van der Waals surface area contributed by atoms with Crippen molar-refractivity contribution in [1.29, 1.82) is 0 Å². The van der Waals surface area contributed by atoms with Crippen LogP contribution in [-0.2, 0) is 0 Å². The van der Waals surface area contributed by atoms with Gasteiger partial charge in [0.1, 0.15) is 6.33 Å². The van der Waals surface area contributed by atoms with Gasteiger partial charge in [-0.2, -0.15) is 0 Å². The zero-order valence-electron chi connectivity index (χ0n) is 14.7. The number of imidazole rings is 1. The third-order valence-electron chi connectivity index (χ3n) is 4.40. The maximum Gasteiger partial charge on any atom is 0.271 e. The van der Waals surface area contributed by atoms with Gasteiger partial charge in [-0.3, -0.25) is 19.5 Å². The highest BCUT2D eigenvalue weighted by Crippen LogP contribution is 2.23. The normalized spacial score (nSPS) is 11.1. The molecule has 0 amide bonds. The minimum absolute atomic E-state index is 0.00361. The summed E-state index contributed by atoms with van der Waals surface area (Å²) in [6.07, 6.45) is 4.95. The second kappa shape index (κ2) is 7.28. The Bertz CT molecular complexity index is 1190. The summed E-state index contributed by atoms with van der Waals surface area (Å²) >= 11 is 0. The Labute approximate surface area is 160 Å². The van der Waals surface area contributed by atoms with Crippen LogP contribution in [0.4, 0.5) is 5.69 Å². The van der Waals surface area contributed by atoms with Crippen LogP contribution in [0, 0.1) is 10.1 Å². The molecule has 0 aliphatic carbocycles. The number of benzene rings is 3. The van der Waals surface area contributed by atoms with E-state index in [9.17, 15) is 14.9 Å². The lowest BCUT2D eigenvalue weighted by atomic mass is 10.1. The summed E-state index contributed by atoms with van der Waals surface area (Å²) < 4.78 is 1.83. The van der Waals surface area contributed by atoms with Gasteiger partial charge in [-0.1, -0.05) is 36.4 Å². The zero-order valence-corrected chi connectivity index (χ0v) is 14.7. The number of allylic oxidation sites excluding steroid dienone is 1. The van der Waals surface area contributed by atoms with Crippen LogP contribution < -0.4 is 0 Å². The smallest absolute Gasteiger partial charge is 0.271 e. The average molecular weight is 369 g/mol. The molecule has 1 heterocycles. The molecule has 1 aromatic heterocycles. The average Bonchev–Trinajstić information content (AvgIpc) is 3.16. The van der Waals surface area contributed by atoms with Crippen molar-refractivity contribution in [2.24, 2.45) is 0 Å². The van der Waals surface area contributed by atoms with Crippen LogP contribution in [0.25, 0.3) is 22.8 Å². The standard InChI is InChI=1S/C22H15N3O3/c26-22(13-6-16-4-2-1-3-5-16)17-7-9-18(10-8-17)24-15-23-20-14-19(25(27)28)11-12-21(20)24/h1-15H. The van der Waals surface area contributed by atoms with E-state index in [4.69, 9.17) is 0 Å². The van der Waals surface area contributed by atoms with Crippen molar-refractivity contribution in [3.8, 4) is 5.69 Å². The van der Waals surface area contributed by atoms with Crippen molar-refractivity contribution in [3.05, 3.63) is 106 Å². The molecule has 28 heavy (non-hydrogen) atoms. The minimum atomic E-state index is -0.443. The first kappa shape index (κ1) is 17.4. The van der Waals surface area contributed by atoms with Crippen molar-refractivity contribution in [3.63, 3.8) is 0 Å². The highest BCUT2D eigenvalue weighted by Gasteiger charge is 2.11. The van der Waals surface area contributed by atoms with Gasteiger partial charge in [0.25, 0.3) is 5.69 Å². The number of hydrogen-bond donors (Lipinski definition) is 0. The molecule has 3 aromatic carbocycles. The van der Waals surface area contributed by atoms with E-state index in [0.717, 1.165) is 16.8 Å². The van der Waals surface area contributed by atoms with Crippen LogP contribution in [0.5, 0.6) is 0 Å². The van der Waals surface area contributed by atoms with E-state index >= 15 is 0 Å². The fraction of sp³-hybridized carbons (Fsp3) is 0. The maximum atomic E-state index is 12.4. The fourth-order valence-corrected chi connectivity index (χ4v) is 2.94. The molecule has 0 fully saturated rings. The van der Waals surface area contributed by atoms with E-state index in [1.54, 1.807) is 36.7 Å². The predicted octanol–water partition coefficient (Wildman–Crippen LogP) is 4.83. The Morgan fingerprint density at radius 3 is 2.46 bits per heavy atom. The number of nitrogens with zero attached hydrogens (tertiary/aromatic N) is 3. The van der Waals surface area contributed by atoms with Crippen LogP contribution in [0.15, 0.2) is 85.2 Å². The Kier molecular flexibility index (Phi) is 4.51. The molecule has 0 atom stereocenters. The minimum Gasteiger partial charge on any atom is -0.299 e. The summed E-state index contributed by atoms with van der Waals surface area (Å²) in [6.45, 7) is 0. The second-order valence-corrected chi connectivity index (χ2v) is 6.20. The third-order valence-corrected chi connectivity index (χ3v) is 4.40. The molecule has 0 radical (unpaired) electrons. The summed E-state index contributed by atoms with van der Waals surface area (Å²) in [5, 5.41) is 10.9. The van der Waals surface area contributed by atoms with Crippen LogP contribution in [0.1, 0.15) is 15.9 Å². The maximum absolute atomic E-state index is 12.4. The highest BCUT2D eigenvalue weighted by atomic mass is 16.6. The van der Waals surface area contributed by atoms with E-state index in [1.807, 2.05) is 47.0 Å². The molecule has 0 bridgehead atoms. The largest absolute Gasteiger partial charge is 0.299 e. The number of non-ortho nitro benzene ring substituents is 1. The van der Waals surface area contributed by atoms with E-state index in [0.29, 0.717) is 11.1 Å². The van der Waals surface area contributed by atoms with Crippen molar-refractivity contribution >= 4 is 28.6 Å². The molecule has 0 aliphatic rings. The third kappa shape index (κ3) is 3.43. The highest BCUT2D eigenvalue weighted by molar-refractivity contribution is 6.06. The molecule has 4 aromatic rings. The summed E-state index contributed by atoms with van der Waals surface area (Å²) in [4.78, 5) is 27.1. The molecule has 0 unspecified atom stereocenters. The number of carbonyl (C=O) groups excluding carboxylic acids is 1. The van der Waals surface area contributed by atoms with E-state index in [1.165, 1.54) is 12.1 Å². The quantitative estimate of drug-likeness (QED) is 0.218. The number of nitro groups is 1. The van der Waals surface area contributed by atoms with Gasteiger partial charge < -0.3 is 0 Å². The first-order valence-electron chi connectivity index (χ1n) is 8.61. The van der Waals surface area contributed by atoms with Crippen molar-refractivity contribution in [2.75, 3.05) is 0 Å². The Hall–Kier alpha value is -4.06. The van der Waals surface area contributed by atoms with Crippen LogP contribution in [-0.4, -0.2) is 20.3 Å². The topological polar surface area (TPSA) is 78.0 Å². The lowest BCUT2D eigenvalue weighted by Gasteiger charge is -2.05. The molecule has 4 rings (SSSR count). The molecule has 6 heteroatoms. The van der Waals surface area contributed by atoms with Crippen LogP contribution in [0.3, 0.4) is 0 Å².